The molecule has 0 bridgehead atoms. The molecule has 0 radical (unpaired) electrons. The summed E-state index contributed by atoms with van der Waals surface area (Å²) in [5.74, 6) is 0.246. The lowest BCUT2D eigenvalue weighted by molar-refractivity contribution is -0.133. The molecule has 1 aromatic heterocycles. The number of ether oxygens (including phenoxy) is 1. The molecule has 5 heteroatoms. The molecule has 21 heavy (non-hydrogen) atoms. The van der Waals surface area contributed by atoms with Crippen molar-refractivity contribution < 1.29 is 9.53 Å². The summed E-state index contributed by atoms with van der Waals surface area (Å²) in [6.07, 6.45) is 3.00. The molecule has 2 fully saturated rings. The molecule has 4 nitrogen and oxygen atoms in total. The van der Waals surface area contributed by atoms with Crippen molar-refractivity contribution in [2.24, 2.45) is 0 Å². The van der Waals surface area contributed by atoms with E-state index in [1.807, 2.05) is 0 Å². The first-order valence-corrected chi connectivity index (χ1v) is 8.69. The van der Waals surface area contributed by atoms with E-state index in [0.717, 1.165) is 25.9 Å². The van der Waals surface area contributed by atoms with Crippen LogP contribution in [0.15, 0.2) is 12.1 Å². The molecule has 1 N–H and O–H groups in total. The van der Waals surface area contributed by atoms with Crippen molar-refractivity contribution >= 4 is 17.2 Å². The zero-order valence-corrected chi connectivity index (χ0v) is 13.8. The third-order valence-electron chi connectivity index (χ3n) is 4.49. The van der Waals surface area contributed by atoms with E-state index in [1.54, 1.807) is 11.3 Å². The van der Waals surface area contributed by atoms with Gasteiger partial charge in [-0.2, -0.15) is 0 Å². The third-order valence-corrected chi connectivity index (χ3v) is 5.54. The summed E-state index contributed by atoms with van der Waals surface area (Å²) in [5, 5.41) is 3.55. The zero-order valence-electron chi connectivity index (χ0n) is 13.0. The van der Waals surface area contributed by atoms with Crippen LogP contribution in [0.1, 0.15) is 49.0 Å². The first-order chi connectivity index (χ1) is 10.1. The fourth-order valence-electron chi connectivity index (χ4n) is 3.41. The summed E-state index contributed by atoms with van der Waals surface area (Å²) in [6.45, 7) is 7.07. The second-order valence-electron chi connectivity index (χ2n) is 6.04. The van der Waals surface area contributed by atoms with E-state index in [1.165, 1.54) is 9.75 Å². The first kappa shape index (κ1) is 15.0. The van der Waals surface area contributed by atoms with Crippen LogP contribution < -0.4 is 5.32 Å². The Morgan fingerprint density at radius 3 is 2.86 bits per heavy atom. The van der Waals surface area contributed by atoms with Gasteiger partial charge >= 0.3 is 0 Å². The topological polar surface area (TPSA) is 41.6 Å². The van der Waals surface area contributed by atoms with Crippen molar-refractivity contribution in [2.75, 3.05) is 6.61 Å². The van der Waals surface area contributed by atoms with E-state index in [4.69, 9.17) is 4.74 Å². The molecule has 3 heterocycles. The number of hydrogen-bond donors (Lipinski definition) is 1. The highest BCUT2D eigenvalue weighted by Gasteiger charge is 2.46. The zero-order chi connectivity index (χ0) is 15.0. The van der Waals surface area contributed by atoms with Crippen LogP contribution in [-0.4, -0.2) is 35.6 Å². The number of nitrogens with one attached hydrogen (secondary N) is 1. The molecule has 2 saturated heterocycles. The molecule has 0 spiro atoms. The van der Waals surface area contributed by atoms with Gasteiger partial charge in [0.25, 0.3) is 0 Å². The summed E-state index contributed by atoms with van der Waals surface area (Å²) in [6, 6.07) is 4.42. The Morgan fingerprint density at radius 2 is 2.29 bits per heavy atom. The number of rotatable bonds is 4. The predicted molar refractivity (Wildman–Crippen MR) is 84.3 cm³/mol. The minimum absolute atomic E-state index is 0.0156. The molecule has 4 atom stereocenters. The van der Waals surface area contributed by atoms with Crippen LogP contribution in [0.4, 0.5) is 0 Å². The van der Waals surface area contributed by atoms with Crippen LogP contribution >= 0.6 is 11.3 Å². The van der Waals surface area contributed by atoms with E-state index in [2.05, 4.69) is 43.1 Å². The first-order valence-electron chi connectivity index (χ1n) is 7.88. The monoisotopic (exact) mass is 308 g/mol. The number of carbonyl (C=O) groups is 1. The van der Waals surface area contributed by atoms with Gasteiger partial charge in [-0.25, -0.2) is 0 Å². The van der Waals surface area contributed by atoms with Crippen molar-refractivity contribution in [1.29, 1.82) is 0 Å². The lowest BCUT2D eigenvalue weighted by Crippen LogP contribution is -2.43. The summed E-state index contributed by atoms with van der Waals surface area (Å²) in [4.78, 5) is 17.4. The molecular formula is C16H24N2O2S. The Hall–Kier alpha value is -0.910. The van der Waals surface area contributed by atoms with Crippen LogP contribution in [-0.2, 0) is 9.53 Å². The summed E-state index contributed by atoms with van der Waals surface area (Å²) < 4.78 is 5.69. The van der Waals surface area contributed by atoms with E-state index in [-0.39, 0.29) is 30.3 Å². The maximum absolute atomic E-state index is 12.8. The van der Waals surface area contributed by atoms with Gasteiger partial charge in [-0.15, -0.1) is 11.3 Å². The molecule has 2 aliphatic rings. The van der Waals surface area contributed by atoms with Gasteiger partial charge in [-0.05, 0) is 38.8 Å². The molecule has 116 valence electrons. The van der Waals surface area contributed by atoms with Gasteiger partial charge in [0.15, 0.2) is 0 Å². The Balaban J connectivity index is 1.89. The lowest BCUT2D eigenvalue weighted by atomic mass is 10.1. The van der Waals surface area contributed by atoms with E-state index >= 15 is 0 Å². The van der Waals surface area contributed by atoms with E-state index < -0.39 is 0 Å². The SMILES string of the molecule is CCCC1NC(c2ccc(C)s2)N(C2CCOC2C)C1=O. The van der Waals surface area contributed by atoms with Crippen LogP contribution in [0.2, 0.25) is 0 Å². The molecule has 1 amide bonds. The predicted octanol–water partition coefficient (Wildman–Crippen LogP) is 2.83. The highest BCUT2D eigenvalue weighted by Crippen LogP contribution is 2.36. The normalized spacial score (nSPS) is 33.1. The highest BCUT2D eigenvalue weighted by atomic mass is 32.1. The van der Waals surface area contributed by atoms with Crippen molar-refractivity contribution in [3.63, 3.8) is 0 Å². The van der Waals surface area contributed by atoms with E-state index in [0.29, 0.717) is 0 Å². The van der Waals surface area contributed by atoms with Crippen molar-refractivity contribution in [2.45, 2.75) is 64.4 Å². The Bertz CT molecular complexity index is 516. The maximum atomic E-state index is 12.8. The van der Waals surface area contributed by atoms with Crippen molar-refractivity contribution in [3.8, 4) is 0 Å². The largest absolute Gasteiger partial charge is 0.376 e. The minimum atomic E-state index is -0.0461. The van der Waals surface area contributed by atoms with Crippen LogP contribution in [0, 0.1) is 6.92 Å². The second kappa shape index (κ2) is 6.07. The number of carbonyl (C=O) groups excluding carboxylic acids is 1. The number of aryl methyl sites for hydroxylation is 1. The summed E-state index contributed by atoms with van der Waals surface area (Å²) in [7, 11) is 0. The fraction of sp³-hybridized carbons (Fsp3) is 0.688. The van der Waals surface area contributed by atoms with Gasteiger partial charge in [0, 0.05) is 16.4 Å². The van der Waals surface area contributed by atoms with Gasteiger partial charge < -0.3 is 9.64 Å². The maximum Gasteiger partial charge on any atom is 0.241 e. The summed E-state index contributed by atoms with van der Waals surface area (Å²) >= 11 is 1.77. The molecule has 0 aromatic carbocycles. The molecule has 2 aliphatic heterocycles. The molecule has 0 saturated carbocycles. The average molecular weight is 308 g/mol. The molecule has 0 aliphatic carbocycles. The van der Waals surface area contributed by atoms with Crippen molar-refractivity contribution in [1.82, 2.24) is 10.2 Å². The number of nitrogens with zero attached hydrogens (tertiary/aromatic N) is 1. The van der Waals surface area contributed by atoms with Gasteiger partial charge in [-0.1, -0.05) is 13.3 Å². The number of thiophene rings is 1. The van der Waals surface area contributed by atoms with Crippen LogP contribution in [0.5, 0.6) is 0 Å². The van der Waals surface area contributed by atoms with Crippen LogP contribution in [0.3, 0.4) is 0 Å². The number of amides is 1. The summed E-state index contributed by atoms with van der Waals surface area (Å²) in [5.41, 5.74) is 0. The van der Waals surface area contributed by atoms with Gasteiger partial charge in [-0.3, -0.25) is 10.1 Å². The van der Waals surface area contributed by atoms with Crippen LogP contribution in [0.25, 0.3) is 0 Å². The highest BCUT2D eigenvalue weighted by molar-refractivity contribution is 7.12. The second-order valence-corrected chi connectivity index (χ2v) is 7.36. The quantitative estimate of drug-likeness (QED) is 0.930. The fourth-order valence-corrected chi connectivity index (χ4v) is 4.34. The molecule has 3 rings (SSSR count). The third kappa shape index (κ3) is 2.74. The standard InChI is InChI=1S/C16H24N2O2S/c1-4-5-12-16(19)18(13-8-9-20-11(13)3)15(17-12)14-7-6-10(2)21-14/h6-7,11-13,15,17H,4-5,8-9H2,1-3H3. The van der Waals surface area contributed by atoms with Gasteiger partial charge in [0.05, 0.1) is 18.2 Å². The Kier molecular flexibility index (Phi) is 4.33. The number of hydrogen-bond acceptors (Lipinski definition) is 4. The lowest BCUT2D eigenvalue weighted by Gasteiger charge is -2.31. The molecule has 1 aromatic rings. The Morgan fingerprint density at radius 1 is 1.48 bits per heavy atom. The smallest absolute Gasteiger partial charge is 0.241 e. The van der Waals surface area contributed by atoms with Crippen molar-refractivity contribution in [3.05, 3.63) is 21.9 Å². The van der Waals surface area contributed by atoms with E-state index in [9.17, 15) is 4.79 Å². The molecular weight excluding hydrogens is 284 g/mol. The van der Waals surface area contributed by atoms with Gasteiger partial charge in [0.2, 0.25) is 5.91 Å². The van der Waals surface area contributed by atoms with Gasteiger partial charge in [0.1, 0.15) is 6.17 Å². The average Bonchev–Trinajstić information content (AvgIpc) is 3.12. The Labute approximate surface area is 130 Å². The molecule has 4 unspecified atom stereocenters. The minimum Gasteiger partial charge on any atom is -0.376 e.